The molecular formula is C16H17N3O4S. The fourth-order valence-corrected chi connectivity index (χ4v) is 3.66. The molecule has 126 valence electrons. The Labute approximate surface area is 143 Å². The average Bonchev–Trinajstić information content (AvgIpc) is 2.61. The predicted octanol–water partition coefficient (Wildman–Crippen LogP) is 1.51. The summed E-state index contributed by atoms with van der Waals surface area (Å²) in [7, 11) is 1.31. The highest BCUT2D eigenvalue weighted by molar-refractivity contribution is 8.15. The van der Waals surface area contributed by atoms with E-state index in [-0.39, 0.29) is 18.2 Å². The molecular weight excluding hydrogens is 330 g/mol. The van der Waals surface area contributed by atoms with Crippen molar-refractivity contribution >= 4 is 40.4 Å². The van der Waals surface area contributed by atoms with Crippen molar-refractivity contribution in [3.8, 4) is 0 Å². The summed E-state index contributed by atoms with van der Waals surface area (Å²) in [6, 6.07) is 6.41. The topological polar surface area (TPSA) is 88.1 Å². The predicted molar refractivity (Wildman–Crippen MR) is 91.0 cm³/mol. The molecule has 2 aliphatic rings. The number of nitrogens with zero attached hydrogens (tertiary/aromatic N) is 2. The van der Waals surface area contributed by atoms with Gasteiger partial charge in [-0.25, -0.2) is 4.79 Å². The van der Waals surface area contributed by atoms with Gasteiger partial charge < -0.3 is 10.1 Å². The first-order valence-corrected chi connectivity index (χ1v) is 8.47. The number of hydrogen-bond acceptors (Lipinski definition) is 6. The van der Waals surface area contributed by atoms with Crippen LogP contribution in [0.15, 0.2) is 29.3 Å². The van der Waals surface area contributed by atoms with Crippen molar-refractivity contribution in [1.29, 1.82) is 0 Å². The van der Waals surface area contributed by atoms with Crippen molar-refractivity contribution in [3.05, 3.63) is 29.8 Å². The molecule has 0 aromatic heterocycles. The lowest BCUT2D eigenvalue weighted by Gasteiger charge is -2.33. The van der Waals surface area contributed by atoms with E-state index in [1.165, 1.54) is 18.9 Å². The summed E-state index contributed by atoms with van der Waals surface area (Å²) in [4.78, 5) is 41.9. The summed E-state index contributed by atoms with van der Waals surface area (Å²) < 4.78 is 4.63. The highest BCUT2D eigenvalue weighted by Crippen LogP contribution is 2.29. The summed E-state index contributed by atoms with van der Waals surface area (Å²) in [5.74, 6) is -0.739. The number of rotatable bonds is 3. The highest BCUT2D eigenvalue weighted by atomic mass is 32.2. The average molecular weight is 347 g/mol. The molecule has 0 aliphatic carbocycles. The van der Waals surface area contributed by atoms with Crippen LogP contribution < -0.4 is 5.32 Å². The molecule has 1 aromatic carbocycles. The van der Waals surface area contributed by atoms with Crippen LogP contribution in [0.4, 0.5) is 5.69 Å². The molecule has 2 amide bonds. The minimum atomic E-state index is -0.495. The Morgan fingerprint density at radius 1 is 1.33 bits per heavy atom. The van der Waals surface area contributed by atoms with E-state index in [9.17, 15) is 14.4 Å². The molecule has 1 N–H and O–H groups in total. The van der Waals surface area contributed by atoms with Crippen LogP contribution in [0.2, 0.25) is 0 Å². The van der Waals surface area contributed by atoms with Gasteiger partial charge in [-0.3, -0.25) is 19.5 Å². The summed E-state index contributed by atoms with van der Waals surface area (Å²) in [6.07, 6.45) is 1.02. The molecule has 0 radical (unpaired) electrons. The molecule has 0 saturated carbocycles. The molecule has 3 rings (SSSR count). The zero-order chi connectivity index (χ0) is 17.1. The minimum absolute atomic E-state index is 0.0617. The molecule has 0 spiro atoms. The largest absolute Gasteiger partial charge is 0.465 e. The Kier molecular flexibility index (Phi) is 4.84. The van der Waals surface area contributed by atoms with Gasteiger partial charge >= 0.3 is 5.97 Å². The summed E-state index contributed by atoms with van der Waals surface area (Å²) in [6.45, 7) is 1.36. The number of carbonyl (C=O) groups is 3. The van der Waals surface area contributed by atoms with Crippen LogP contribution in [0, 0.1) is 0 Å². The summed E-state index contributed by atoms with van der Waals surface area (Å²) >= 11 is 1.33. The standard InChI is InChI=1S/C16H17N3O4S/c1-23-15(22)10-3-5-11(6-4-10)18-14(21)12-9-13(20)19-8-2-7-17-16(19)24-12/h3-6,12H,2,7-9H2,1H3,(H,18,21). The number of aliphatic imine (C=N–C) groups is 1. The first-order chi connectivity index (χ1) is 11.6. The van der Waals surface area contributed by atoms with Gasteiger partial charge in [0.25, 0.3) is 0 Å². The molecule has 7 nitrogen and oxygen atoms in total. The Bertz CT molecular complexity index is 702. The monoisotopic (exact) mass is 347 g/mol. The van der Waals surface area contributed by atoms with Crippen molar-refractivity contribution < 1.29 is 19.1 Å². The lowest BCUT2D eigenvalue weighted by Crippen LogP contribution is -2.47. The molecule has 8 heteroatoms. The first kappa shape index (κ1) is 16.5. The quantitative estimate of drug-likeness (QED) is 0.837. The molecule has 1 aromatic rings. The van der Waals surface area contributed by atoms with Gasteiger partial charge in [-0.1, -0.05) is 11.8 Å². The number of hydrogen-bond donors (Lipinski definition) is 1. The summed E-state index contributed by atoms with van der Waals surface area (Å²) in [5.41, 5.74) is 0.971. The molecule has 1 fully saturated rings. The Hall–Kier alpha value is -2.35. The molecule has 2 heterocycles. The molecule has 0 bridgehead atoms. The van der Waals surface area contributed by atoms with Crippen molar-refractivity contribution in [2.75, 3.05) is 25.5 Å². The van der Waals surface area contributed by atoms with E-state index >= 15 is 0 Å². The van der Waals surface area contributed by atoms with E-state index in [1.54, 1.807) is 29.2 Å². The number of thioether (sulfide) groups is 1. The van der Waals surface area contributed by atoms with Crippen molar-refractivity contribution in [1.82, 2.24) is 4.90 Å². The maximum absolute atomic E-state index is 12.4. The van der Waals surface area contributed by atoms with Crippen LogP contribution >= 0.6 is 11.8 Å². The second-order valence-corrected chi connectivity index (χ2v) is 6.60. The third-order valence-electron chi connectivity index (χ3n) is 3.79. The van der Waals surface area contributed by atoms with Crippen LogP contribution in [0.3, 0.4) is 0 Å². The highest BCUT2D eigenvalue weighted by Gasteiger charge is 2.36. The fourth-order valence-electron chi connectivity index (χ4n) is 2.53. The van der Waals surface area contributed by atoms with Gasteiger partial charge in [0.05, 0.1) is 12.7 Å². The van der Waals surface area contributed by atoms with Gasteiger partial charge in [0.2, 0.25) is 11.8 Å². The second-order valence-electron chi connectivity index (χ2n) is 5.43. The molecule has 1 saturated heterocycles. The zero-order valence-electron chi connectivity index (χ0n) is 13.2. The van der Waals surface area contributed by atoms with Gasteiger partial charge in [0.1, 0.15) is 5.25 Å². The van der Waals surface area contributed by atoms with Gasteiger partial charge in [0, 0.05) is 25.2 Å². The van der Waals surface area contributed by atoms with Gasteiger partial charge in [0.15, 0.2) is 5.17 Å². The van der Waals surface area contributed by atoms with Crippen LogP contribution in [0.5, 0.6) is 0 Å². The zero-order valence-corrected chi connectivity index (χ0v) is 14.0. The lowest BCUT2D eigenvalue weighted by molar-refractivity contribution is -0.129. The normalized spacial score (nSPS) is 20.0. The Morgan fingerprint density at radius 2 is 2.08 bits per heavy atom. The SMILES string of the molecule is COC(=O)c1ccc(NC(=O)C2CC(=O)N3CCCN=C3S2)cc1. The number of amides is 2. The van der Waals surface area contributed by atoms with Crippen molar-refractivity contribution in [2.24, 2.45) is 4.99 Å². The van der Waals surface area contributed by atoms with E-state index in [1.807, 2.05) is 0 Å². The number of fused-ring (bicyclic) bond motifs is 1. The van der Waals surface area contributed by atoms with Crippen LogP contribution in [-0.2, 0) is 14.3 Å². The number of carbonyl (C=O) groups excluding carboxylic acids is 3. The number of ether oxygens (including phenoxy) is 1. The van der Waals surface area contributed by atoms with Crippen LogP contribution in [0.1, 0.15) is 23.2 Å². The molecule has 1 unspecified atom stereocenters. The van der Waals surface area contributed by atoms with E-state index in [0.717, 1.165) is 6.42 Å². The third kappa shape index (κ3) is 3.43. The maximum atomic E-state index is 12.4. The lowest BCUT2D eigenvalue weighted by atomic mass is 10.2. The number of anilines is 1. The molecule has 1 atom stereocenters. The van der Waals surface area contributed by atoms with E-state index < -0.39 is 11.2 Å². The van der Waals surface area contributed by atoms with E-state index in [2.05, 4.69) is 15.0 Å². The second kappa shape index (κ2) is 7.04. The number of nitrogens with one attached hydrogen (secondary N) is 1. The van der Waals surface area contributed by atoms with Crippen LogP contribution in [-0.4, -0.2) is 53.3 Å². The Balaban J connectivity index is 1.65. The van der Waals surface area contributed by atoms with Crippen molar-refractivity contribution in [3.63, 3.8) is 0 Å². The number of benzene rings is 1. The maximum Gasteiger partial charge on any atom is 0.337 e. The number of esters is 1. The fraction of sp³-hybridized carbons (Fsp3) is 0.375. The Morgan fingerprint density at radius 3 is 2.79 bits per heavy atom. The molecule has 24 heavy (non-hydrogen) atoms. The van der Waals surface area contributed by atoms with Gasteiger partial charge in [-0.2, -0.15) is 0 Å². The smallest absolute Gasteiger partial charge is 0.337 e. The number of methoxy groups -OCH3 is 1. The molecule has 2 aliphatic heterocycles. The minimum Gasteiger partial charge on any atom is -0.465 e. The van der Waals surface area contributed by atoms with Crippen LogP contribution in [0.25, 0.3) is 0 Å². The first-order valence-electron chi connectivity index (χ1n) is 7.59. The third-order valence-corrected chi connectivity index (χ3v) is 5.02. The number of amidine groups is 1. The van der Waals surface area contributed by atoms with Gasteiger partial charge in [-0.15, -0.1) is 0 Å². The van der Waals surface area contributed by atoms with E-state index in [4.69, 9.17) is 0 Å². The van der Waals surface area contributed by atoms with Crippen molar-refractivity contribution in [2.45, 2.75) is 18.1 Å². The summed E-state index contributed by atoms with van der Waals surface area (Å²) in [5, 5.41) is 2.92. The van der Waals surface area contributed by atoms with E-state index in [0.29, 0.717) is 29.5 Å². The van der Waals surface area contributed by atoms with Gasteiger partial charge in [-0.05, 0) is 30.7 Å².